The van der Waals surface area contributed by atoms with E-state index in [1.54, 1.807) is 0 Å². The molecule has 0 amide bonds. The number of aryl methyl sites for hydroxylation is 1. The number of cyclic esters (lactones) is 1. The van der Waals surface area contributed by atoms with Crippen LogP contribution in [0.15, 0.2) is 24.3 Å². The maximum Gasteiger partial charge on any atom is 0.377 e. The van der Waals surface area contributed by atoms with E-state index in [2.05, 4.69) is 10.1 Å². The predicted octanol–water partition coefficient (Wildman–Crippen LogP) is 2.60. The third-order valence-corrected chi connectivity index (χ3v) is 3.29. The molecule has 104 valence electrons. The van der Waals surface area contributed by atoms with Crippen LogP contribution in [0.2, 0.25) is 0 Å². The number of carbonyl (C=O) groups is 1. The molecule has 0 bridgehead atoms. The molecule has 19 heavy (non-hydrogen) atoms. The van der Waals surface area contributed by atoms with Gasteiger partial charge in [0, 0.05) is 12.6 Å². The van der Waals surface area contributed by atoms with Gasteiger partial charge in [-0.1, -0.05) is 29.8 Å². The lowest BCUT2D eigenvalue weighted by Gasteiger charge is -2.17. The lowest BCUT2D eigenvalue weighted by atomic mass is 10.1. The molecule has 1 aromatic rings. The van der Waals surface area contributed by atoms with Gasteiger partial charge in [0.2, 0.25) is 0 Å². The van der Waals surface area contributed by atoms with E-state index in [1.807, 2.05) is 38.1 Å². The summed E-state index contributed by atoms with van der Waals surface area (Å²) in [6.07, 6.45) is -1.30. The number of nitrogens with one attached hydrogen (secondary N) is 1. The zero-order valence-corrected chi connectivity index (χ0v) is 11.0. The number of halogens is 2. The minimum Gasteiger partial charge on any atom is -0.456 e. The molecule has 5 heteroatoms. The summed E-state index contributed by atoms with van der Waals surface area (Å²) in [7, 11) is 0. The van der Waals surface area contributed by atoms with E-state index in [4.69, 9.17) is 0 Å². The first-order valence-corrected chi connectivity index (χ1v) is 6.27. The fraction of sp³-hybridized carbons (Fsp3) is 0.500. The first-order chi connectivity index (χ1) is 8.88. The zero-order valence-electron chi connectivity index (χ0n) is 11.0. The van der Waals surface area contributed by atoms with Crippen LogP contribution in [0, 0.1) is 6.92 Å². The monoisotopic (exact) mass is 269 g/mol. The lowest BCUT2D eigenvalue weighted by Crippen LogP contribution is -2.29. The van der Waals surface area contributed by atoms with Gasteiger partial charge in [0.1, 0.15) is 6.10 Å². The summed E-state index contributed by atoms with van der Waals surface area (Å²) in [6.45, 7) is 4.18. The number of carbonyl (C=O) groups excluding carboxylic acids is 1. The third-order valence-electron chi connectivity index (χ3n) is 3.29. The minimum atomic E-state index is -3.33. The Kier molecular flexibility index (Phi) is 3.85. The van der Waals surface area contributed by atoms with Crippen molar-refractivity contribution in [2.75, 3.05) is 6.54 Å². The maximum absolute atomic E-state index is 13.0. The van der Waals surface area contributed by atoms with E-state index in [1.165, 1.54) is 5.56 Å². The highest BCUT2D eigenvalue weighted by molar-refractivity contribution is 5.79. The topological polar surface area (TPSA) is 38.3 Å². The summed E-state index contributed by atoms with van der Waals surface area (Å²) in [5.74, 6) is -4.75. The molecule has 0 saturated carbocycles. The summed E-state index contributed by atoms with van der Waals surface area (Å²) in [6, 6.07) is 7.99. The van der Waals surface area contributed by atoms with Crippen LogP contribution in [0.4, 0.5) is 8.78 Å². The molecule has 1 heterocycles. The number of hydrogen-bond donors (Lipinski definition) is 1. The van der Waals surface area contributed by atoms with E-state index in [0.29, 0.717) is 0 Å². The Bertz CT molecular complexity index is 459. The molecule has 2 unspecified atom stereocenters. The molecular formula is C14H17F2NO2. The molecule has 1 aromatic carbocycles. The quantitative estimate of drug-likeness (QED) is 0.854. The number of esters is 1. The molecule has 0 aromatic heterocycles. The van der Waals surface area contributed by atoms with E-state index in [0.717, 1.165) is 5.56 Å². The third kappa shape index (κ3) is 3.29. The molecule has 1 aliphatic rings. The van der Waals surface area contributed by atoms with Crippen molar-refractivity contribution >= 4 is 5.97 Å². The van der Waals surface area contributed by atoms with E-state index < -0.39 is 24.4 Å². The van der Waals surface area contributed by atoms with Crippen molar-refractivity contribution in [3.8, 4) is 0 Å². The van der Waals surface area contributed by atoms with E-state index in [-0.39, 0.29) is 12.6 Å². The van der Waals surface area contributed by atoms with Gasteiger partial charge >= 0.3 is 11.9 Å². The molecule has 0 radical (unpaired) electrons. The number of hydrogen-bond acceptors (Lipinski definition) is 3. The second-order valence-electron chi connectivity index (χ2n) is 4.98. The number of rotatable bonds is 4. The molecular weight excluding hydrogens is 252 g/mol. The van der Waals surface area contributed by atoms with Gasteiger partial charge in [-0.25, -0.2) is 4.79 Å². The van der Waals surface area contributed by atoms with Gasteiger partial charge in [-0.15, -0.1) is 0 Å². The van der Waals surface area contributed by atoms with Crippen LogP contribution in [0.25, 0.3) is 0 Å². The van der Waals surface area contributed by atoms with Crippen LogP contribution < -0.4 is 5.32 Å². The largest absolute Gasteiger partial charge is 0.456 e. The molecule has 1 fully saturated rings. The smallest absolute Gasteiger partial charge is 0.377 e. The maximum atomic E-state index is 13.0. The minimum absolute atomic E-state index is 0.0218. The number of alkyl halides is 2. The van der Waals surface area contributed by atoms with Crippen LogP contribution in [0.5, 0.6) is 0 Å². The summed E-state index contributed by atoms with van der Waals surface area (Å²) in [5, 5.41) is 3.11. The van der Waals surface area contributed by atoms with E-state index in [9.17, 15) is 13.6 Å². The van der Waals surface area contributed by atoms with Crippen molar-refractivity contribution in [2.24, 2.45) is 0 Å². The standard InChI is InChI=1S/C14H17F2NO2/c1-9-3-5-11(6-4-9)10(2)17-8-12-7-14(15,16)13(18)19-12/h3-6,10,12,17H,7-8H2,1-2H3. The first-order valence-electron chi connectivity index (χ1n) is 6.27. The zero-order chi connectivity index (χ0) is 14.0. The number of ether oxygens (including phenoxy) is 1. The van der Waals surface area contributed by atoms with Crippen molar-refractivity contribution in [2.45, 2.75) is 38.3 Å². The normalized spacial score (nSPS) is 23.2. The molecule has 0 spiro atoms. The fourth-order valence-electron chi connectivity index (χ4n) is 2.04. The summed E-state index contributed by atoms with van der Waals surface area (Å²) >= 11 is 0. The van der Waals surface area contributed by atoms with Gasteiger partial charge in [0.15, 0.2) is 0 Å². The highest BCUT2D eigenvalue weighted by atomic mass is 19.3. The molecule has 2 rings (SSSR count). The van der Waals surface area contributed by atoms with Crippen molar-refractivity contribution in [1.82, 2.24) is 5.32 Å². The summed E-state index contributed by atoms with van der Waals surface area (Å²) < 4.78 is 30.6. The summed E-state index contributed by atoms with van der Waals surface area (Å²) in [4.78, 5) is 10.9. The molecule has 0 aliphatic carbocycles. The lowest BCUT2D eigenvalue weighted by molar-refractivity contribution is -0.159. The molecule has 1 N–H and O–H groups in total. The van der Waals surface area contributed by atoms with Crippen LogP contribution >= 0.6 is 0 Å². The molecule has 1 aliphatic heterocycles. The van der Waals surface area contributed by atoms with Gasteiger partial charge < -0.3 is 10.1 Å². The Balaban J connectivity index is 1.86. The van der Waals surface area contributed by atoms with Gasteiger partial charge in [-0.2, -0.15) is 8.78 Å². The van der Waals surface area contributed by atoms with Gasteiger partial charge in [0.25, 0.3) is 0 Å². The summed E-state index contributed by atoms with van der Waals surface area (Å²) in [5.41, 5.74) is 2.24. The van der Waals surface area contributed by atoms with Crippen molar-refractivity contribution in [1.29, 1.82) is 0 Å². The molecule has 1 saturated heterocycles. The van der Waals surface area contributed by atoms with Gasteiger partial charge in [0.05, 0.1) is 6.42 Å². The second kappa shape index (κ2) is 5.25. The average Bonchev–Trinajstić information content (AvgIpc) is 2.61. The van der Waals surface area contributed by atoms with Crippen molar-refractivity contribution in [3.63, 3.8) is 0 Å². The van der Waals surface area contributed by atoms with Gasteiger partial charge in [-0.05, 0) is 19.4 Å². The Morgan fingerprint density at radius 3 is 2.58 bits per heavy atom. The van der Waals surface area contributed by atoms with Crippen LogP contribution in [-0.2, 0) is 9.53 Å². The fourth-order valence-corrected chi connectivity index (χ4v) is 2.04. The Morgan fingerprint density at radius 2 is 2.05 bits per heavy atom. The SMILES string of the molecule is Cc1ccc(C(C)NCC2CC(F)(F)C(=O)O2)cc1. The van der Waals surface area contributed by atoms with Gasteiger partial charge in [-0.3, -0.25) is 0 Å². The van der Waals surface area contributed by atoms with Crippen molar-refractivity contribution in [3.05, 3.63) is 35.4 Å². The Morgan fingerprint density at radius 1 is 1.42 bits per heavy atom. The second-order valence-corrected chi connectivity index (χ2v) is 4.98. The Labute approximate surface area is 111 Å². The highest BCUT2D eigenvalue weighted by Crippen LogP contribution is 2.30. The Hall–Kier alpha value is -1.49. The molecule has 3 nitrogen and oxygen atoms in total. The van der Waals surface area contributed by atoms with Crippen LogP contribution in [-0.4, -0.2) is 24.5 Å². The van der Waals surface area contributed by atoms with Crippen LogP contribution in [0.3, 0.4) is 0 Å². The first kappa shape index (κ1) is 13.9. The van der Waals surface area contributed by atoms with Crippen LogP contribution in [0.1, 0.15) is 30.5 Å². The average molecular weight is 269 g/mol. The predicted molar refractivity (Wildman–Crippen MR) is 67.0 cm³/mol. The molecule has 2 atom stereocenters. The number of benzene rings is 1. The van der Waals surface area contributed by atoms with E-state index >= 15 is 0 Å². The highest BCUT2D eigenvalue weighted by Gasteiger charge is 2.50. The van der Waals surface area contributed by atoms with Crippen molar-refractivity contribution < 1.29 is 18.3 Å².